The van der Waals surface area contributed by atoms with E-state index in [2.05, 4.69) is 4.90 Å². The van der Waals surface area contributed by atoms with E-state index in [1.54, 1.807) is 23.1 Å². The lowest BCUT2D eigenvalue weighted by Gasteiger charge is -2.32. The fraction of sp³-hybridized carbons (Fsp3) is 0.370. The van der Waals surface area contributed by atoms with Crippen LogP contribution in [0.1, 0.15) is 43.0 Å². The summed E-state index contributed by atoms with van der Waals surface area (Å²) < 4.78 is 52.5. The normalized spacial score (nSPS) is 16.0. The van der Waals surface area contributed by atoms with Crippen molar-refractivity contribution in [1.82, 2.24) is 0 Å². The molecule has 1 spiro atoms. The van der Waals surface area contributed by atoms with Gasteiger partial charge in [-0.2, -0.15) is 13.2 Å². The number of carboxylic acid groups (broad SMARTS) is 2. The highest BCUT2D eigenvalue weighted by molar-refractivity contribution is 5.98. The topological polar surface area (TPSA) is 111 Å². The van der Waals surface area contributed by atoms with Crippen LogP contribution in [0.15, 0.2) is 51.7 Å². The van der Waals surface area contributed by atoms with Crippen LogP contribution in [-0.2, 0) is 4.79 Å². The van der Waals surface area contributed by atoms with Crippen LogP contribution in [0.3, 0.4) is 0 Å². The molecular formula is C27H26F4N2O6. The minimum absolute atomic E-state index is 0.0935. The van der Waals surface area contributed by atoms with E-state index in [1.165, 1.54) is 37.1 Å². The van der Waals surface area contributed by atoms with Crippen molar-refractivity contribution in [2.75, 3.05) is 29.4 Å². The average molecular weight is 551 g/mol. The fourth-order valence-electron chi connectivity index (χ4n) is 4.79. The van der Waals surface area contributed by atoms with Gasteiger partial charge in [0.2, 0.25) is 0 Å². The fourth-order valence-corrected chi connectivity index (χ4v) is 4.79. The first kappa shape index (κ1) is 27.9. The second-order valence-corrected chi connectivity index (χ2v) is 9.61. The number of hydrogen-bond donors (Lipinski definition) is 2. The lowest BCUT2D eigenvalue weighted by atomic mass is 9.94. The highest BCUT2D eigenvalue weighted by atomic mass is 19.4. The number of aliphatic carboxylic acids is 1. The Labute approximate surface area is 220 Å². The van der Waals surface area contributed by atoms with Gasteiger partial charge >= 0.3 is 18.1 Å². The summed E-state index contributed by atoms with van der Waals surface area (Å²) in [6.07, 6.45) is -0.364. The molecule has 1 saturated heterocycles. The van der Waals surface area contributed by atoms with E-state index in [9.17, 15) is 32.3 Å². The average Bonchev–Trinajstić information content (AvgIpc) is 3.64. The molecule has 2 aliphatic rings. The maximum atomic E-state index is 14.6. The molecular weight excluding hydrogens is 524 g/mol. The Bertz CT molecular complexity index is 1450. The zero-order chi connectivity index (χ0) is 28.5. The number of carbonyl (C=O) groups is 2. The molecule has 2 N–H and O–H groups in total. The van der Waals surface area contributed by atoms with Crippen LogP contribution < -0.4 is 15.2 Å². The smallest absolute Gasteiger partial charge is 0.478 e. The van der Waals surface area contributed by atoms with Gasteiger partial charge in [0.1, 0.15) is 5.82 Å². The van der Waals surface area contributed by atoms with Gasteiger partial charge in [-0.25, -0.2) is 14.0 Å². The van der Waals surface area contributed by atoms with Crippen molar-refractivity contribution in [1.29, 1.82) is 0 Å². The Morgan fingerprint density at radius 2 is 1.64 bits per heavy atom. The Morgan fingerprint density at radius 3 is 2.18 bits per heavy atom. The molecule has 0 unspecified atom stereocenters. The first-order valence-corrected chi connectivity index (χ1v) is 12.3. The number of anilines is 3. The number of piperidine rings is 1. The predicted molar refractivity (Wildman–Crippen MR) is 135 cm³/mol. The largest absolute Gasteiger partial charge is 0.490 e. The van der Waals surface area contributed by atoms with Crippen LogP contribution in [-0.4, -0.2) is 48.0 Å². The van der Waals surface area contributed by atoms with Crippen LogP contribution in [0.2, 0.25) is 0 Å². The molecule has 208 valence electrons. The van der Waals surface area contributed by atoms with Gasteiger partial charge < -0.3 is 24.4 Å². The molecule has 2 aromatic carbocycles. The van der Waals surface area contributed by atoms with E-state index in [0.29, 0.717) is 29.2 Å². The molecule has 3 aromatic rings. The molecule has 1 aromatic heterocycles. The SMILES string of the molecule is CCN(c1ccccc1C(=O)O)c1cc(F)cc2c(=O)cc(N3CCC4(CC3)CC4)oc12.O=C(O)C(F)(F)F. The summed E-state index contributed by atoms with van der Waals surface area (Å²) in [5.74, 6) is -3.93. The molecule has 39 heavy (non-hydrogen) atoms. The minimum Gasteiger partial charge on any atom is -0.478 e. The molecule has 2 heterocycles. The van der Waals surface area contributed by atoms with Gasteiger partial charge in [-0.15, -0.1) is 0 Å². The summed E-state index contributed by atoms with van der Waals surface area (Å²) in [5.41, 5.74) is 1.29. The van der Waals surface area contributed by atoms with Gasteiger partial charge in [0, 0.05) is 31.8 Å². The number of fused-ring (bicyclic) bond motifs is 1. The third kappa shape index (κ3) is 5.99. The number of rotatable bonds is 5. The van der Waals surface area contributed by atoms with Crippen LogP contribution in [0.4, 0.5) is 34.8 Å². The third-order valence-electron chi connectivity index (χ3n) is 7.13. The molecule has 5 rings (SSSR count). The quantitative estimate of drug-likeness (QED) is 0.384. The molecule has 12 heteroatoms. The molecule has 1 aliphatic heterocycles. The van der Waals surface area contributed by atoms with Crippen LogP contribution in [0.25, 0.3) is 11.0 Å². The molecule has 0 radical (unpaired) electrons. The monoisotopic (exact) mass is 550 g/mol. The number of aromatic carboxylic acids is 1. The number of alkyl halides is 3. The molecule has 2 fully saturated rings. The number of nitrogens with zero attached hydrogens (tertiary/aromatic N) is 2. The third-order valence-corrected chi connectivity index (χ3v) is 7.13. The Morgan fingerprint density at radius 1 is 1.03 bits per heavy atom. The number of carboxylic acids is 2. The van der Waals surface area contributed by atoms with Crippen molar-refractivity contribution < 1.29 is 41.8 Å². The van der Waals surface area contributed by atoms with Gasteiger partial charge in [0.05, 0.1) is 22.3 Å². The Balaban J connectivity index is 0.000000448. The van der Waals surface area contributed by atoms with Crippen LogP contribution >= 0.6 is 0 Å². The highest BCUT2D eigenvalue weighted by Gasteiger charge is 2.44. The summed E-state index contributed by atoms with van der Waals surface area (Å²) in [5, 5.41) is 16.9. The highest BCUT2D eigenvalue weighted by Crippen LogP contribution is 2.54. The Kier molecular flexibility index (Phi) is 7.58. The van der Waals surface area contributed by atoms with Crippen molar-refractivity contribution in [3.05, 3.63) is 64.1 Å². The second-order valence-electron chi connectivity index (χ2n) is 9.61. The zero-order valence-corrected chi connectivity index (χ0v) is 20.9. The lowest BCUT2D eigenvalue weighted by molar-refractivity contribution is -0.192. The lowest BCUT2D eigenvalue weighted by Crippen LogP contribution is -2.34. The van der Waals surface area contributed by atoms with E-state index in [0.717, 1.165) is 25.9 Å². The molecule has 0 bridgehead atoms. The number of hydrogen-bond acceptors (Lipinski definition) is 6. The van der Waals surface area contributed by atoms with Crippen molar-refractivity contribution in [2.45, 2.75) is 38.8 Å². The van der Waals surface area contributed by atoms with Crippen molar-refractivity contribution >= 4 is 40.2 Å². The zero-order valence-electron chi connectivity index (χ0n) is 20.9. The first-order valence-electron chi connectivity index (χ1n) is 12.3. The van der Waals surface area contributed by atoms with Crippen LogP contribution in [0, 0.1) is 11.2 Å². The van der Waals surface area contributed by atoms with Gasteiger partial charge in [0.15, 0.2) is 16.9 Å². The summed E-state index contributed by atoms with van der Waals surface area (Å²) in [7, 11) is 0. The van der Waals surface area contributed by atoms with E-state index >= 15 is 0 Å². The van der Waals surface area contributed by atoms with Crippen molar-refractivity contribution in [2.24, 2.45) is 5.41 Å². The maximum Gasteiger partial charge on any atom is 0.490 e. The van der Waals surface area contributed by atoms with Crippen LogP contribution in [0.5, 0.6) is 0 Å². The minimum atomic E-state index is -5.08. The second kappa shape index (κ2) is 10.6. The van der Waals surface area contributed by atoms with Gasteiger partial charge in [0.25, 0.3) is 0 Å². The predicted octanol–water partition coefficient (Wildman–Crippen LogP) is 5.80. The molecule has 0 atom stereocenters. The number of benzene rings is 2. The van der Waals surface area contributed by atoms with Crippen molar-refractivity contribution in [3.63, 3.8) is 0 Å². The molecule has 0 amide bonds. The number of halogens is 4. The standard InChI is InChI=1S/C25H25FN2O4.C2HF3O2/c1-2-28(19-6-4-3-5-17(19)24(30)31)20-14-16(26)13-18-21(29)15-22(32-23(18)20)27-11-9-25(7-8-25)10-12-27;3-2(4,5)1(6)7/h3-6,13-15H,2,7-12H2,1H3,(H,30,31);(H,6,7). The Hall–Kier alpha value is -4.09. The summed E-state index contributed by atoms with van der Waals surface area (Å²) >= 11 is 0. The van der Waals surface area contributed by atoms with Gasteiger partial charge in [-0.3, -0.25) is 4.79 Å². The molecule has 8 nitrogen and oxygen atoms in total. The maximum absolute atomic E-state index is 14.6. The van der Waals surface area contributed by atoms with E-state index in [4.69, 9.17) is 14.3 Å². The van der Waals surface area contributed by atoms with Crippen molar-refractivity contribution in [3.8, 4) is 0 Å². The summed E-state index contributed by atoms with van der Waals surface area (Å²) in [6, 6.07) is 10.5. The summed E-state index contributed by atoms with van der Waals surface area (Å²) in [4.78, 5) is 37.4. The number of para-hydroxylation sites is 1. The summed E-state index contributed by atoms with van der Waals surface area (Å²) in [6.45, 7) is 3.86. The first-order chi connectivity index (χ1) is 18.3. The molecule has 1 aliphatic carbocycles. The van der Waals surface area contributed by atoms with Gasteiger partial charge in [-0.05, 0) is 56.2 Å². The van der Waals surface area contributed by atoms with Gasteiger partial charge in [-0.1, -0.05) is 12.1 Å². The van der Waals surface area contributed by atoms with E-state index < -0.39 is 23.9 Å². The molecule has 1 saturated carbocycles. The van der Waals surface area contributed by atoms with E-state index in [-0.39, 0.29) is 22.0 Å². The van der Waals surface area contributed by atoms with E-state index in [1.807, 2.05) is 6.92 Å².